The molecule has 106 valence electrons. The summed E-state index contributed by atoms with van der Waals surface area (Å²) < 4.78 is 1.12. The van der Waals surface area contributed by atoms with Crippen LogP contribution in [0.2, 0.25) is 0 Å². The molecule has 0 unspecified atom stereocenters. The molecule has 21 heavy (non-hydrogen) atoms. The van der Waals surface area contributed by atoms with E-state index in [1.807, 2.05) is 17.8 Å². The maximum atomic E-state index is 4.76. The number of aromatic nitrogens is 1. The highest BCUT2D eigenvalue weighted by atomic mass is 79.9. The van der Waals surface area contributed by atoms with Gasteiger partial charge in [0.25, 0.3) is 0 Å². The second-order valence-electron chi connectivity index (χ2n) is 4.60. The lowest BCUT2D eigenvalue weighted by molar-refractivity contribution is 1.20. The maximum Gasteiger partial charge on any atom is 0.119 e. The average molecular weight is 376 g/mol. The molecule has 0 radical (unpaired) electrons. The lowest BCUT2D eigenvalue weighted by atomic mass is 10.2. The van der Waals surface area contributed by atoms with Crippen LogP contribution in [0.3, 0.4) is 0 Å². The van der Waals surface area contributed by atoms with Gasteiger partial charge in [-0.3, -0.25) is 0 Å². The summed E-state index contributed by atoms with van der Waals surface area (Å²) in [6.45, 7) is 0. The minimum atomic E-state index is 0.909. The number of hydrogen-bond donors (Lipinski definition) is 0. The van der Waals surface area contributed by atoms with Crippen LogP contribution in [0.1, 0.15) is 17.1 Å². The average Bonchev–Trinajstić information content (AvgIpc) is 2.79. The van der Waals surface area contributed by atoms with Crippen molar-refractivity contribution in [1.29, 1.82) is 0 Å². The van der Waals surface area contributed by atoms with Crippen LogP contribution in [-0.2, 0) is 5.75 Å². The molecule has 1 aromatic heterocycles. The van der Waals surface area contributed by atoms with Gasteiger partial charge in [-0.15, -0.1) is 23.1 Å². The Morgan fingerprint density at radius 1 is 1.24 bits per heavy atom. The fourth-order valence-corrected chi connectivity index (χ4v) is 4.33. The number of thioether (sulfide) groups is 1. The van der Waals surface area contributed by atoms with Gasteiger partial charge >= 0.3 is 0 Å². The van der Waals surface area contributed by atoms with Gasteiger partial charge in [0.1, 0.15) is 5.01 Å². The molecule has 0 aliphatic heterocycles. The number of benzene rings is 1. The number of thiazole rings is 1. The fourth-order valence-electron chi connectivity index (χ4n) is 1.97. The minimum absolute atomic E-state index is 0.909. The Morgan fingerprint density at radius 3 is 3.10 bits per heavy atom. The second kappa shape index (κ2) is 7.25. The Morgan fingerprint density at radius 2 is 2.19 bits per heavy atom. The summed E-state index contributed by atoms with van der Waals surface area (Å²) in [4.78, 5) is 6.03. The quantitative estimate of drug-likeness (QED) is 0.598. The van der Waals surface area contributed by atoms with Crippen molar-refractivity contribution in [2.24, 2.45) is 0 Å². The first-order chi connectivity index (χ1) is 10.3. The summed E-state index contributed by atoms with van der Waals surface area (Å²) in [5.74, 6) is 0.909. The molecule has 0 amide bonds. The van der Waals surface area contributed by atoms with Crippen LogP contribution in [-0.4, -0.2) is 4.98 Å². The zero-order valence-corrected chi connectivity index (χ0v) is 14.5. The third-order valence-corrected chi connectivity index (χ3v) is 5.49. The highest BCUT2D eigenvalue weighted by molar-refractivity contribution is 9.10. The number of halogens is 1. The zero-order chi connectivity index (χ0) is 14.5. The predicted octanol–water partition coefficient (Wildman–Crippen LogP) is 6.10. The summed E-state index contributed by atoms with van der Waals surface area (Å²) in [6.07, 6.45) is 11.5. The summed E-state index contributed by atoms with van der Waals surface area (Å²) in [7, 11) is 0. The molecule has 0 N–H and O–H groups in total. The number of hydrogen-bond acceptors (Lipinski definition) is 3. The van der Waals surface area contributed by atoms with E-state index in [-0.39, 0.29) is 0 Å². The monoisotopic (exact) mass is 375 g/mol. The van der Waals surface area contributed by atoms with Crippen molar-refractivity contribution in [2.75, 3.05) is 0 Å². The van der Waals surface area contributed by atoms with Gasteiger partial charge in [0.2, 0.25) is 0 Å². The molecule has 2 aromatic rings. The molecule has 0 fully saturated rings. The van der Waals surface area contributed by atoms with E-state index >= 15 is 0 Å². The Kier molecular flexibility index (Phi) is 5.12. The van der Waals surface area contributed by atoms with Crippen molar-refractivity contribution < 1.29 is 0 Å². The van der Waals surface area contributed by atoms with Crippen LogP contribution < -0.4 is 0 Å². The van der Waals surface area contributed by atoms with Crippen LogP contribution in [0.25, 0.3) is 5.57 Å². The van der Waals surface area contributed by atoms with Gasteiger partial charge in [0.15, 0.2) is 0 Å². The predicted molar refractivity (Wildman–Crippen MR) is 96.7 cm³/mol. The van der Waals surface area contributed by atoms with Gasteiger partial charge in [-0.2, -0.15) is 0 Å². The lowest BCUT2D eigenvalue weighted by Crippen LogP contribution is -1.85. The molecule has 1 nitrogen and oxygen atoms in total. The Bertz CT molecular complexity index is 713. The van der Waals surface area contributed by atoms with Crippen molar-refractivity contribution in [3.8, 4) is 0 Å². The highest BCUT2D eigenvalue weighted by Crippen LogP contribution is 2.29. The molecule has 0 saturated heterocycles. The van der Waals surface area contributed by atoms with Crippen molar-refractivity contribution >= 4 is 44.6 Å². The minimum Gasteiger partial charge on any atom is -0.241 e. The van der Waals surface area contributed by atoms with E-state index in [2.05, 4.69) is 69.9 Å². The van der Waals surface area contributed by atoms with Crippen LogP contribution in [0, 0.1) is 0 Å². The second-order valence-corrected chi connectivity index (χ2v) is 7.42. The van der Waals surface area contributed by atoms with Crippen LogP contribution in [0.5, 0.6) is 0 Å². The van der Waals surface area contributed by atoms with E-state index in [0.717, 1.165) is 27.3 Å². The molecule has 4 heteroatoms. The summed E-state index contributed by atoms with van der Waals surface area (Å²) in [5, 5.41) is 3.30. The zero-order valence-electron chi connectivity index (χ0n) is 11.3. The van der Waals surface area contributed by atoms with Gasteiger partial charge < -0.3 is 0 Å². The van der Waals surface area contributed by atoms with E-state index in [9.17, 15) is 0 Å². The summed E-state index contributed by atoms with van der Waals surface area (Å²) in [5.41, 5.74) is 2.45. The van der Waals surface area contributed by atoms with E-state index in [0.29, 0.717) is 0 Å². The summed E-state index contributed by atoms with van der Waals surface area (Å²) >= 11 is 7.06. The van der Waals surface area contributed by atoms with E-state index in [1.54, 1.807) is 11.3 Å². The third kappa shape index (κ3) is 4.19. The number of rotatable bonds is 4. The van der Waals surface area contributed by atoms with Crippen molar-refractivity contribution in [3.63, 3.8) is 0 Å². The Balaban J connectivity index is 1.67. The first-order valence-corrected chi connectivity index (χ1v) is 9.32. The molecule has 1 aromatic carbocycles. The van der Waals surface area contributed by atoms with Crippen LogP contribution in [0.4, 0.5) is 0 Å². The normalized spacial score (nSPS) is 14.0. The van der Waals surface area contributed by atoms with Gasteiger partial charge in [-0.05, 0) is 30.2 Å². The van der Waals surface area contributed by atoms with E-state index < -0.39 is 0 Å². The molecule has 1 aliphatic carbocycles. The van der Waals surface area contributed by atoms with Gasteiger partial charge in [-0.25, -0.2) is 4.98 Å². The SMILES string of the molecule is Brc1cccc(SCc2csc(C3=CC=CC=CC3)n2)c1. The van der Waals surface area contributed by atoms with Crippen molar-refractivity contribution in [3.05, 3.63) is 75.2 Å². The topological polar surface area (TPSA) is 12.9 Å². The van der Waals surface area contributed by atoms with Gasteiger partial charge in [0, 0.05) is 20.5 Å². The summed E-state index contributed by atoms with van der Waals surface area (Å²) in [6, 6.07) is 8.38. The third-order valence-electron chi connectivity index (χ3n) is 3.00. The molecular formula is C17H14BrNS2. The Hall–Kier alpha value is -1.10. The van der Waals surface area contributed by atoms with Crippen LogP contribution >= 0.6 is 39.0 Å². The first-order valence-electron chi connectivity index (χ1n) is 6.67. The number of allylic oxidation sites excluding steroid dienone is 6. The van der Waals surface area contributed by atoms with Crippen LogP contribution in [0.15, 0.2) is 69.4 Å². The first kappa shape index (κ1) is 14.8. The largest absolute Gasteiger partial charge is 0.241 e. The molecule has 0 bridgehead atoms. The maximum absolute atomic E-state index is 4.76. The molecule has 0 saturated carbocycles. The fraction of sp³-hybridized carbons (Fsp3) is 0.118. The molecule has 0 atom stereocenters. The molecule has 3 rings (SSSR count). The molecule has 1 aliphatic rings. The van der Waals surface area contributed by atoms with E-state index in [1.165, 1.54) is 10.5 Å². The van der Waals surface area contributed by atoms with Crippen molar-refractivity contribution in [1.82, 2.24) is 4.98 Å². The lowest BCUT2D eigenvalue weighted by Gasteiger charge is -2.00. The Labute approximate surface area is 141 Å². The van der Waals surface area contributed by atoms with Gasteiger partial charge in [0.05, 0.1) is 5.69 Å². The molecular weight excluding hydrogens is 362 g/mol. The smallest absolute Gasteiger partial charge is 0.119 e. The number of nitrogens with zero attached hydrogens (tertiary/aromatic N) is 1. The molecule has 0 spiro atoms. The van der Waals surface area contributed by atoms with Crippen molar-refractivity contribution in [2.45, 2.75) is 17.1 Å². The van der Waals surface area contributed by atoms with E-state index in [4.69, 9.17) is 4.98 Å². The standard InChI is InChI=1S/C17H14BrNS2/c18-14-8-5-9-16(10-14)20-11-15-12-21-17(19-15)13-6-3-1-2-4-7-13/h1-6,8-10,12H,7,11H2. The molecule has 1 heterocycles. The highest BCUT2D eigenvalue weighted by Gasteiger charge is 2.07. The van der Waals surface area contributed by atoms with Gasteiger partial charge in [-0.1, -0.05) is 52.4 Å².